The van der Waals surface area contributed by atoms with E-state index in [2.05, 4.69) is 22.2 Å². The number of nitrogens with zero attached hydrogens (tertiary/aromatic N) is 7. The first-order valence-electron chi connectivity index (χ1n) is 15.3. The fourth-order valence-electron chi connectivity index (χ4n) is 7.28. The summed E-state index contributed by atoms with van der Waals surface area (Å²) >= 11 is 0. The molecule has 45 heavy (non-hydrogen) atoms. The highest BCUT2D eigenvalue weighted by atomic mass is 32.2. The van der Waals surface area contributed by atoms with Gasteiger partial charge in [0.1, 0.15) is 16.4 Å². The molecule has 1 aromatic carbocycles. The van der Waals surface area contributed by atoms with Gasteiger partial charge in [0.05, 0.1) is 28.6 Å². The largest absolute Gasteiger partial charge is 0.382 e. The summed E-state index contributed by atoms with van der Waals surface area (Å²) in [6.07, 6.45) is 10.3. The zero-order chi connectivity index (χ0) is 31.5. The van der Waals surface area contributed by atoms with Gasteiger partial charge in [-0.15, -0.1) is 5.10 Å². The van der Waals surface area contributed by atoms with Gasteiger partial charge in [-0.2, -0.15) is 14.7 Å². The van der Waals surface area contributed by atoms with Crippen LogP contribution in [0.2, 0.25) is 0 Å². The van der Waals surface area contributed by atoms with Gasteiger partial charge >= 0.3 is 0 Å². The number of nitrogens with two attached hydrogens (primary N) is 1. The lowest BCUT2D eigenvalue weighted by Gasteiger charge is -2.40. The van der Waals surface area contributed by atoms with E-state index in [0.29, 0.717) is 53.1 Å². The van der Waals surface area contributed by atoms with E-state index in [1.54, 1.807) is 24.7 Å². The third kappa shape index (κ3) is 4.95. The Labute approximate surface area is 260 Å². The monoisotopic (exact) mass is 627 g/mol. The van der Waals surface area contributed by atoms with Crippen molar-refractivity contribution in [3.63, 3.8) is 0 Å². The summed E-state index contributed by atoms with van der Waals surface area (Å²) < 4.78 is 28.8. The number of nitrogen functional groups attached to an aromatic ring is 1. The summed E-state index contributed by atoms with van der Waals surface area (Å²) in [6.45, 7) is 2.05. The number of carbonyl (C=O) groups is 1. The molecule has 3 aliphatic heterocycles. The Morgan fingerprint density at radius 3 is 2.49 bits per heavy atom. The van der Waals surface area contributed by atoms with Crippen LogP contribution in [0, 0.1) is 5.92 Å². The minimum atomic E-state index is -3.78. The van der Waals surface area contributed by atoms with E-state index in [4.69, 9.17) is 10.7 Å². The van der Waals surface area contributed by atoms with E-state index in [1.807, 2.05) is 41.3 Å². The summed E-state index contributed by atoms with van der Waals surface area (Å²) in [4.78, 5) is 20.6. The molecule has 2 fully saturated rings. The number of piperidine rings is 1. The topological polar surface area (TPSA) is 159 Å². The number of amides is 1. The van der Waals surface area contributed by atoms with Crippen LogP contribution in [0.15, 0.2) is 70.0 Å². The Balaban J connectivity index is 1.27. The molecule has 2 bridgehead atoms. The van der Waals surface area contributed by atoms with Crippen molar-refractivity contribution >= 4 is 39.1 Å². The standard InChI is InChI=1S/C32H35N8O4S/c1-3-19-13-14-34-37-28(19)32(41)39-23-10-11-24(39)16-22(15-23)27-29(45(2,43)44)30(33)40-31(36-27)25(17-35-40)21-9-12-26(38(42)18-21)20-7-5-4-6-8-20/h4-9,12,14,17-19,22-24,42H,3,10-11,13,15-16,33H2,1-2H3/q+1. The molecule has 3 atom stereocenters. The van der Waals surface area contributed by atoms with Crippen molar-refractivity contribution < 1.29 is 23.1 Å². The fraction of sp³-hybridized carbons (Fsp3) is 0.375. The Hall–Kier alpha value is -4.65. The molecule has 4 aromatic rings. The summed E-state index contributed by atoms with van der Waals surface area (Å²) in [6, 6.07) is 13.0. The molecule has 2 saturated heterocycles. The van der Waals surface area contributed by atoms with Crippen LogP contribution in [0.1, 0.15) is 57.1 Å². The highest BCUT2D eigenvalue weighted by molar-refractivity contribution is 7.91. The Morgan fingerprint density at radius 1 is 1.09 bits per heavy atom. The molecule has 0 spiro atoms. The number of benzene rings is 1. The van der Waals surface area contributed by atoms with Gasteiger partial charge in [0.2, 0.25) is 6.20 Å². The number of carbonyl (C=O) groups excluding carboxylic acids is 1. The van der Waals surface area contributed by atoms with Crippen molar-refractivity contribution in [2.45, 2.75) is 68.3 Å². The van der Waals surface area contributed by atoms with Gasteiger partial charge in [-0.05, 0) is 56.7 Å². The predicted molar refractivity (Wildman–Crippen MR) is 169 cm³/mol. The fourth-order valence-corrected chi connectivity index (χ4v) is 8.34. The maximum atomic E-state index is 13.7. The molecule has 232 valence electrons. The summed E-state index contributed by atoms with van der Waals surface area (Å²) in [5.74, 6) is -0.256. The van der Waals surface area contributed by atoms with Crippen LogP contribution in [0.4, 0.5) is 5.82 Å². The number of aromatic nitrogens is 4. The van der Waals surface area contributed by atoms with Crippen LogP contribution < -0.4 is 10.5 Å². The number of hydrogen-bond donors (Lipinski definition) is 2. The summed E-state index contributed by atoms with van der Waals surface area (Å²) in [7, 11) is -3.78. The van der Waals surface area contributed by atoms with Crippen molar-refractivity contribution in [1.29, 1.82) is 0 Å². The van der Waals surface area contributed by atoms with Crippen LogP contribution in [-0.4, -0.2) is 69.3 Å². The lowest BCUT2D eigenvalue weighted by atomic mass is 9.86. The normalized spacial score (nSPS) is 23.0. The Bertz CT molecular complexity index is 1980. The SMILES string of the molecule is CCC1CC=NN=C1C(=O)N1C2CCC1CC(c1nc3c(-c4ccc(-c5ccccc5)[n+](O)c4)cnn3c(N)c1S(C)(=O)=O)C2. The van der Waals surface area contributed by atoms with Gasteiger partial charge in [-0.1, -0.05) is 25.1 Å². The van der Waals surface area contributed by atoms with E-state index >= 15 is 0 Å². The van der Waals surface area contributed by atoms with Gasteiger partial charge in [0.15, 0.2) is 15.5 Å². The molecule has 3 aromatic heterocycles. The van der Waals surface area contributed by atoms with Crippen molar-refractivity contribution in [2.24, 2.45) is 16.1 Å². The molecule has 3 N–H and O–H groups in total. The van der Waals surface area contributed by atoms with E-state index in [9.17, 15) is 18.4 Å². The Kier molecular flexibility index (Phi) is 7.15. The lowest BCUT2D eigenvalue weighted by Crippen LogP contribution is -2.50. The van der Waals surface area contributed by atoms with Crippen molar-refractivity contribution in [3.8, 4) is 22.4 Å². The minimum absolute atomic E-state index is 0.00686. The lowest BCUT2D eigenvalue weighted by molar-refractivity contribution is -0.895. The first-order valence-corrected chi connectivity index (χ1v) is 17.1. The van der Waals surface area contributed by atoms with Crippen molar-refractivity contribution in [3.05, 3.63) is 60.6 Å². The third-order valence-electron chi connectivity index (χ3n) is 9.43. The van der Waals surface area contributed by atoms with Crippen LogP contribution in [0.5, 0.6) is 0 Å². The van der Waals surface area contributed by atoms with E-state index in [0.717, 1.165) is 35.8 Å². The van der Waals surface area contributed by atoms with Gasteiger partial charge in [0.25, 0.3) is 11.6 Å². The van der Waals surface area contributed by atoms with Gasteiger partial charge < -0.3 is 10.6 Å². The molecular weight excluding hydrogens is 592 g/mol. The van der Waals surface area contributed by atoms with Crippen LogP contribution in [-0.2, 0) is 14.6 Å². The number of sulfone groups is 1. The first kappa shape index (κ1) is 29.1. The van der Waals surface area contributed by atoms with E-state index in [-0.39, 0.29) is 40.5 Å². The molecule has 12 nitrogen and oxygen atoms in total. The maximum absolute atomic E-state index is 13.7. The van der Waals surface area contributed by atoms with Gasteiger partial charge in [-0.25, -0.2) is 13.4 Å². The van der Waals surface area contributed by atoms with Gasteiger partial charge in [-0.3, -0.25) is 10.0 Å². The first-order chi connectivity index (χ1) is 21.7. The van der Waals surface area contributed by atoms with Gasteiger partial charge in [0, 0.05) is 47.2 Å². The number of fused-ring (bicyclic) bond motifs is 3. The Morgan fingerprint density at radius 2 is 1.82 bits per heavy atom. The molecule has 0 saturated carbocycles. The predicted octanol–water partition coefficient (Wildman–Crippen LogP) is 3.67. The second kappa shape index (κ2) is 11.1. The van der Waals surface area contributed by atoms with Crippen LogP contribution in [0.25, 0.3) is 28.0 Å². The zero-order valence-corrected chi connectivity index (χ0v) is 25.9. The molecule has 13 heteroatoms. The molecule has 3 unspecified atom stereocenters. The molecular formula is C32H35N8O4S+. The summed E-state index contributed by atoms with van der Waals surface area (Å²) in [5.41, 5.74) is 10.6. The number of rotatable bonds is 6. The molecule has 3 aliphatic rings. The smallest absolute Gasteiger partial charge is 0.270 e. The third-order valence-corrected chi connectivity index (χ3v) is 10.6. The highest BCUT2D eigenvalue weighted by Gasteiger charge is 2.47. The van der Waals surface area contributed by atoms with Crippen molar-refractivity contribution in [1.82, 2.24) is 19.5 Å². The molecule has 7 rings (SSSR count). The number of pyridine rings is 1. The van der Waals surface area contributed by atoms with Crippen molar-refractivity contribution in [2.75, 3.05) is 12.0 Å². The quantitative estimate of drug-likeness (QED) is 0.244. The number of anilines is 1. The average Bonchev–Trinajstić information content (AvgIpc) is 3.58. The van der Waals surface area contributed by atoms with Crippen LogP contribution >= 0.6 is 0 Å². The minimum Gasteiger partial charge on any atom is -0.382 e. The van der Waals surface area contributed by atoms with E-state index in [1.165, 1.54) is 4.52 Å². The highest BCUT2D eigenvalue weighted by Crippen LogP contribution is 2.45. The van der Waals surface area contributed by atoms with E-state index < -0.39 is 9.84 Å². The summed E-state index contributed by atoms with van der Waals surface area (Å²) in [5, 5.41) is 23.5. The molecule has 0 aliphatic carbocycles. The zero-order valence-electron chi connectivity index (χ0n) is 25.1. The average molecular weight is 628 g/mol. The maximum Gasteiger partial charge on any atom is 0.270 e. The number of hydrogen-bond acceptors (Lipinski definition) is 9. The van der Waals surface area contributed by atoms with Crippen LogP contribution in [0.3, 0.4) is 0 Å². The second-order valence-corrected chi connectivity index (χ2v) is 14.1. The second-order valence-electron chi connectivity index (χ2n) is 12.2. The molecule has 0 radical (unpaired) electrons. The molecule has 6 heterocycles. The molecule has 1 amide bonds.